The number of H-pyrrole nitrogens is 1. The third-order valence-corrected chi connectivity index (χ3v) is 4.64. The lowest BCUT2D eigenvalue weighted by Gasteiger charge is -2.08. The van der Waals surface area contributed by atoms with Gasteiger partial charge in [0.25, 0.3) is 5.91 Å². The Kier molecular flexibility index (Phi) is 6.30. The number of nitrogens with zero attached hydrogens (tertiary/aromatic N) is 1. The lowest BCUT2D eigenvalue weighted by molar-refractivity contribution is 0.102. The highest BCUT2D eigenvalue weighted by Gasteiger charge is 2.14. The Morgan fingerprint density at radius 1 is 1.11 bits per heavy atom. The summed E-state index contributed by atoms with van der Waals surface area (Å²) in [6.45, 7) is 0. The molecule has 0 saturated heterocycles. The molecule has 0 fully saturated rings. The summed E-state index contributed by atoms with van der Waals surface area (Å²) in [5, 5.41) is 9.55. The van der Waals surface area contributed by atoms with E-state index in [-0.39, 0.29) is 5.56 Å². The fourth-order valence-corrected chi connectivity index (χ4v) is 3.03. The van der Waals surface area contributed by atoms with E-state index in [0.717, 1.165) is 29.2 Å². The zero-order valence-corrected chi connectivity index (χ0v) is 17.0. The van der Waals surface area contributed by atoms with Crippen molar-refractivity contribution in [2.24, 2.45) is 0 Å². The summed E-state index contributed by atoms with van der Waals surface area (Å²) in [5.74, 6) is 0.632. The Balaban J connectivity index is 1.63. The van der Waals surface area contributed by atoms with E-state index >= 15 is 0 Å². The number of benzene rings is 2. The maximum atomic E-state index is 13.9. The van der Waals surface area contributed by atoms with Crippen molar-refractivity contribution in [2.45, 2.75) is 12.8 Å². The van der Waals surface area contributed by atoms with E-state index < -0.39 is 11.7 Å². The van der Waals surface area contributed by atoms with Crippen LogP contribution < -0.4 is 14.8 Å². The molecule has 28 heavy (non-hydrogen) atoms. The first-order valence-electron chi connectivity index (χ1n) is 8.51. The highest BCUT2D eigenvalue weighted by molar-refractivity contribution is 9.10. The number of methoxy groups -OCH3 is 2. The van der Waals surface area contributed by atoms with Crippen LogP contribution in [-0.2, 0) is 12.8 Å². The predicted octanol–water partition coefficient (Wildman–Crippen LogP) is 4.37. The standard InChI is InChI=1S/C20H19BrFN3O3/c1-27-15-7-12(8-16(11-15)28-2)3-5-14-10-19(25-24-14)23-20(26)17-6-4-13(21)9-18(17)22/h4,6-11H,3,5H2,1-2H3,(H2,23,24,25,26). The fraction of sp³-hybridized carbons (Fsp3) is 0.200. The van der Waals surface area contributed by atoms with Crippen molar-refractivity contribution in [1.82, 2.24) is 10.2 Å². The first-order valence-corrected chi connectivity index (χ1v) is 9.30. The quantitative estimate of drug-likeness (QED) is 0.563. The number of carbonyl (C=O) groups is 1. The summed E-state index contributed by atoms with van der Waals surface area (Å²) in [6, 6.07) is 11.7. The highest BCUT2D eigenvalue weighted by Crippen LogP contribution is 2.23. The second-order valence-electron chi connectivity index (χ2n) is 6.08. The molecule has 3 rings (SSSR count). The van der Waals surface area contributed by atoms with Crippen LogP contribution in [-0.4, -0.2) is 30.3 Å². The second-order valence-corrected chi connectivity index (χ2v) is 6.99. The number of rotatable bonds is 7. The number of hydrogen-bond acceptors (Lipinski definition) is 4. The molecule has 0 unspecified atom stereocenters. The number of nitrogens with one attached hydrogen (secondary N) is 2. The minimum Gasteiger partial charge on any atom is -0.497 e. The fourth-order valence-electron chi connectivity index (χ4n) is 2.70. The van der Waals surface area contributed by atoms with E-state index in [0.29, 0.717) is 16.7 Å². The molecule has 8 heteroatoms. The molecule has 0 bridgehead atoms. The van der Waals surface area contributed by atoms with Gasteiger partial charge in [0, 0.05) is 22.3 Å². The van der Waals surface area contributed by atoms with Crippen molar-refractivity contribution in [3.8, 4) is 11.5 Å². The molecule has 0 aliphatic heterocycles. The molecule has 2 aromatic carbocycles. The normalized spacial score (nSPS) is 10.6. The van der Waals surface area contributed by atoms with Crippen molar-refractivity contribution in [2.75, 3.05) is 19.5 Å². The zero-order chi connectivity index (χ0) is 20.1. The average molecular weight is 448 g/mol. The van der Waals surface area contributed by atoms with E-state index in [1.54, 1.807) is 26.4 Å². The van der Waals surface area contributed by atoms with Gasteiger partial charge in [-0.3, -0.25) is 9.89 Å². The van der Waals surface area contributed by atoms with Gasteiger partial charge in [0.05, 0.1) is 19.8 Å². The summed E-state index contributed by atoms with van der Waals surface area (Å²) in [7, 11) is 3.22. The number of ether oxygens (including phenoxy) is 2. The summed E-state index contributed by atoms with van der Waals surface area (Å²) < 4.78 is 25.0. The number of carbonyl (C=O) groups excluding carboxylic acids is 1. The van der Waals surface area contributed by atoms with Gasteiger partial charge in [-0.25, -0.2) is 4.39 Å². The van der Waals surface area contributed by atoms with Gasteiger partial charge in [0.15, 0.2) is 5.82 Å². The van der Waals surface area contributed by atoms with Crippen molar-refractivity contribution >= 4 is 27.7 Å². The van der Waals surface area contributed by atoms with Gasteiger partial charge in [-0.05, 0) is 48.7 Å². The van der Waals surface area contributed by atoms with Crippen molar-refractivity contribution < 1.29 is 18.7 Å². The molecule has 0 atom stereocenters. The van der Waals surface area contributed by atoms with Gasteiger partial charge in [-0.1, -0.05) is 15.9 Å². The van der Waals surface area contributed by atoms with Crippen LogP contribution in [0.15, 0.2) is 46.9 Å². The molecule has 146 valence electrons. The molecule has 0 spiro atoms. The molecule has 1 aromatic heterocycles. The molecular weight excluding hydrogens is 429 g/mol. The Hall–Kier alpha value is -2.87. The number of amides is 1. The number of hydrogen-bond donors (Lipinski definition) is 2. The number of aromatic amines is 1. The molecular formula is C20H19BrFN3O3. The minimum absolute atomic E-state index is 0.0452. The first-order chi connectivity index (χ1) is 13.5. The van der Waals surface area contributed by atoms with Gasteiger partial charge < -0.3 is 14.8 Å². The van der Waals surface area contributed by atoms with Crippen LogP contribution in [0, 0.1) is 5.82 Å². The third-order valence-electron chi connectivity index (χ3n) is 4.14. The van der Waals surface area contributed by atoms with Crippen molar-refractivity contribution in [3.05, 3.63) is 69.6 Å². The van der Waals surface area contributed by atoms with Crippen molar-refractivity contribution in [1.29, 1.82) is 0 Å². The van der Waals surface area contributed by atoms with Crippen LogP contribution in [0.25, 0.3) is 0 Å². The van der Waals surface area contributed by atoms with Crippen LogP contribution in [0.1, 0.15) is 21.6 Å². The Morgan fingerprint density at radius 2 is 1.82 bits per heavy atom. The van der Waals surface area contributed by atoms with E-state index in [1.807, 2.05) is 18.2 Å². The second kappa shape index (κ2) is 8.88. The summed E-state index contributed by atoms with van der Waals surface area (Å²) in [6.07, 6.45) is 1.40. The Labute approximate surface area is 170 Å². The number of aryl methyl sites for hydroxylation is 2. The van der Waals surface area contributed by atoms with Crippen LogP contribution in [0.4, 0.5) is 10.2 Å². The van der Waals surface area contributed by atoms with Crippen LogP contribution in [0.3, 0.4) is 0 Å². The van der Waals surface area contributed by atoms with E-state index in [2.05, 4.69) is 31.4 Å². The zero-order valence-electron chi connectivity index (χ0n) is 15.4. The van der Waals surface area contributed by atoms with Crippen LogP contribution in [0.2, 0.25) is 0 Å². The van der Waals surface area contributed by atoms with Crippen molar-refractivity contribution in [3.63, 3.8) is 0 Å². The summed E-state index contributed by atoms with van der Waals surface area (Å²) >= 11 is 3.17. The van der Waals surface area contributed by atoms with Crippen LogP contribution in [0.5, 0.6) is 11.5 Å². The minimum atomic E-state index is -0.602. The van der Waals surface area contributed by atoms with E-state index in [1.165, 1.54) is 12.1 Å². The van der Waals surface area contributed by atoms with Gasteiger partial charge in [0.2, 0.25) is 0 Å². The number of aromatic nitrogens is 2. The summed E-state index contributed by atoms with van der Waals surface area (Å²) in [5.41, 5.74) is 1.85. The summed E-state index contributed by atoms with van der Waals surface area (Å²) in [4.78, 5) is 12.2. The van der Waals surface area contributed by atoms with E-state index in [4.69, 9.17) is 9.47 Å². The number of anilines is 1. The predicted molar refractivity (Wildman–Crippen MR) is 108 cm³/mol. The molecule has 1 amide bonds. The lowest BCUT2D eigenvalue weighted by Crippen LogP contribution is -2.13. The topological polar surface area (TPSA) is 76.2 Å². The van der Waals surface area contributed by atoms with Gasteiger partial charge >= 0.3 is 0 Å². The molecule has 1 heterocycles. The van der Waals surface area contributed by atoms with Crippen LogP contribution >= 0.6 is 15.9 Å². The molecule has 0 aliphatic rings. The highest BCUT2D eigenvalue weighted by atomic mass is 79.9. The Morgan fingerprint density at radius 3 is 2.46 bits per heavy atom. The first kappa shape index (κ1) is 19.9. The molecule has 2 N–H and O–H groups in total. The SMILES string of the molecule is COc1cc(CCc2cc(NC(=O)c3ccc(Br)cc3F)n[nH]2)cc(OC)c1. The van der Waals surface area contributed by atoms with Gasteiger partial charge in [-0.15, -0.1) is 0 Å². The van der Waals surface area contributed by atoms with E-state index in [9.17, 15) is 9.18 Å². The van der Waals surface area contributed by atoms with Gasteiger partial charge in [0.1, 0.15) is 17.3 Å². The molecule has 3 aromatic rings. The molecule has 0 aliphatic carbocycles. The third kappa shape index (κ3) is 4.89. The maximum Gasteiger partial charge on any atom is 0.259 e. The number of halogens is 2. The maximum absolute atomic E-state index is 13.9. The average Bonchev–Trinajstić information content (AvgIpc) is 3.13. The Bertz CT molecular complexity index is 968. The molecule has 0 radical (unpaired) electrons. The van der Waals surface area contributed by atoms with Gasteiger partial charge in [-0.2, -0.15) is 5.10 Å². The monoisotopic (exact) mass is 447 g/mol. The smallest absolute Gasteiger partial charge is 0.259 e. The molecule has 6 nitrogen and oxygen atoms in total. The lowest BCUT2D eigenvalue weighted by atomic mass is 10.1. The largest absolute Gasteiger partial charge is 0.497 e. The molecule has 0 saturated carbocycles.